The molecule has 3 aromatic rings. The van der Waals surface area contributed by atoms with Crippen molar-refractivity contribution in [2.45, 2.75) is 0 Å². The number of halogens is 1. The monoisotopic (exact) mass is 362 g/mol. The zero-order chi connectivity index (χ0) is 17.3. The lowest BCUT2D eigenvalue weighted by atomic mass is 10.2. The topological polar surface area (TPSA) is 79.1 Å². The SMILES string of the molecule is O=C1OCC[N+]1(COc1cnsn1)c1ccc(-n2ccnc2)c(F)c1. The molecule has 0 radical (unpaired) electrons. The average Bonchev–Trinajstić information content (AvgIpc) is 3.36. The third-order valence-electron chi connectivity index (χ3n) is 4.03. The molecular formula is C15H13FN5O3S+. The number of rotatable bonds is 5. The molecule has 1 amide bonds. The molecule has 10 heteroatoms. The molecule has 8 nitrogen and oxygen atoms in total. The number of carbonyl (C=O) groups excluding carboxylic acids is 1. The van der Waals surface area contributed by atoms with E-state index in [2.05, 4.69) is 13.7 Å². The van der Waals surface area contributed by atoms with Crippen LogP contribution in [0, 0.1) is 5.82 Å². The Balaban J connectivity index is 1.68. The number of amides is 1. The van der Waals surface area contributed by atoms with E-state index in [4.69, 9.17) is 9.47 Å². The first kappa shape index (κ1) is 15.7. The Morgan fingerprint density at radius 3 is 3.00 bits per heavy atom. The Morgan fingerprint density at radius 2 is 2.36 bits per heavy atom. The fraction of sp³-hybridized carbons (Fsp3) is 0.200. The molecule has 1 unspecified atom stereocenters. The highest BCUT2D eigenvalue weighted by Crippen LogP contribution is 2.31. The zero-order valence-electron chi connectivity index (χ0n) is 12.9. The van der Waals surface area contributed by atoms with Crippen molar-refractivity contribution in [3.05, 3.63) is 48.9 Å². The molecule has 0 spiro atoms. The second kappa shape index (κ2) is 6.22. The Bertz CT molecular complexity index is 887. The van der Waals surface area contributed by atoms with E-state index in [9.17, 15) is 9.18 Å². The number of quaternary nitrogens is 1. The van der Waals surface area contributed by atoms with Crippen LogP contribution < -0.4 is 9.22 Å². The summed E-state index contributed by atoms with van der Waals surface area (Å²) in [7, 11) is 0. The molecule has 3 heterocycles. The first-order valence-electron chi connectivity index (χ1n) is 7.42. The molecule has 1 aromatic carbocycles. The molecule has 128 valence electrons. The molecule has 1 aliphatic rings. The molecule has 0 saturated carbocycles. The molecule has 1 atom stereocenters. The molecule has 1 fully saturated rings. The first-order chi connectivity index (χ1) is 12.2. The van der Waals surface area contributed by atoms with Crippen LogP contribution in [0.1, 0.15) is 0 Å². The van der Waals surface area contributed by atoms with Gasteiger partial charge < -0.3 is 14.0 Å². The summed E-state index contributed by atoms with van der Waals surface area (Å²) >= 11 is 1.00. The van der Waals surface area contributed by atoms with E-state index < -0.39 is 11.9 Å². The summed E-state index contributed by atoms with van der Waals surface area (Å²) in [6, 6.07) is 4.61. The Kier molecular flexibility index (Phi) is 3.90. The quantitative estimate of drug-likeness (QED) is 0.649. The minimum Gasteiger partial charge on any atom is -0.424 e. The summed E-state index contributed by atoms with van der Waals surface area (Å²) in [5.74, 6) is -0.152. The number of cyclic esters (lactones) is 1. The van der Waals surface area contributed by atoms with Gasteiger partial charge in [-0.25, -0.2) is 9.37 Å². The van der Waals surface area contributed by atoms with Crippen LogP contribution >= 0.6 is 11.7 Å². The van der Waals surface area contributed by atoms with Gasteiger partial charge in [0, 0.05) is 24.5 Å². The van der Waals surface area contributed by atoms with Crippen LogP contribution in [0.3, 0.4) is 0 Å². The van der Waals surface area contributed by atoms with Gasteiger partial charge in [0.15, 0.2) is 5.82 Å². The Hall–Kier alpha value is -2.85. The predicted molar refractivity (Wildman–Crippen MR) is 86.9 cm³/mol. The zero-order valence-corrected chi connectivity index (χ0v) is 13.7. The van der Waals surface area contributed by atoms with E-state index in [-0.39, 0.29) is 17.8 Å². The van der Waals surface area contributed by atoms with E-state index in [0.29, 0.717) is 23.8 Å². The van der Waals surface area contributed by atoms with Crippen molar-refractivity contribution < 1.29 is 18.7 Å². The number of nitrogens with zero attached hydrogens (tertiary/aromatic N) is 5. The van der Waals surface area contributed by atoms with Crippen molar-refractivity contribution in [1.29, 1.82) is 0 Å². The summed E-state index contributed by atoms with van der Waals surface area (Å²) in [5, 5.41) is 0. The average molecular weight is 362 g/mol. The van der Waals surface area contributed by atoms with Gasteiger partial charge in [0.25, 0.3) is 0 Å². The van der Waals surface area contributed by atoms with Crippen molar-refractivity contribution in [1.82, 2.24) is 22.8 Å². The Morgan fingerprint density at radius 1 is 1.44 bits per heavy atom. The van der Waals surface area contributed by atoms with Gasteiger partial charge in [-0.2, -0.15) is 13.7 Å². The van der Waals surface area contributed by atoms with E-state index in [0.717, 1.165) is 11.7 Å². The normalized spacial score (nSPS) is 19.8. The van der Waals surface area contributed by atoms with Gasteiger partial charge in [-0.15, -0.1) is 4.37 Å². The number of hydrogen-bond donors (Lipinski definition) is 0. The summed E-state index contributed by atoms with van der Waals surface area (Å²) in [6.45, 7) is 0.538. The number of ether oxygens (including phenoxy) is 2. The molecule has 1 saturated heterocycles. The number of imidazole rings is 1. The number of aromatic nitrogens is 4. The van der Waals surface area contributed by atoms with Crippen molar-refractivity contribution in [2.24, 2.45) is 0 Å². The van der Waals surface area contributed by atoms with Crippen LogP contribution in [-0.2, 0) is 4.74 Å². The van der Waals surface area contributed by atoms with Crippen LogP contribution in [0.15, 0.2) is 43.1 Å². The van der Waals surface area contributed by atoms with E-state index in [1.54, 1.807) is 29.1 Å². The third-order valence-corrected chi connectivity index (χ3v) is 4.49. The lowest BCUT2D eigenvalue weighted by Crippen LogP contribution is -2.52. The minimum atomic E-state index is -0.488. The van der Waals surface area contributed by atoms with Crippen molar-refractivity contribution in [2.75, 3.05) is 19.9 Å². The molecule has 1 aliphatic heterocycles. The van der Waals surface area contributed by atoms with Gasteiger partial charge in [0.1, 0.15) is 25.0 Å². The smallest absolute Gasteiger partial charge is 0.424 e. The second-order valence-corrected chi connectivity index (χ2v) is 5.99. The summed E-state index contributed by atoms with van der Waals surface area (Å²) in [5.41, 5.74) is 0.795. The van der Waals surface area contributed by atoms with E-state index in [1.807, 2.05) is 0 Å². The molecule has 0 aliphatic carbocycles. The maximum Gasteiger partial charge on any atom is 0.524 e. The Labute approximate surface area is 146 Å². The molecular weight excluding hydrogens is 349 g/mol. The van der Waals surface area contributed by atoms with Gasteiger partial charge in [-0.05, 0) is 6.07 Å². The molecule has 4 rings (SSSR count). The van der Waals surface area contributed by atoms with E-state index in [1.165, 1.54) is 18.6 Å². The van der Waals surface area contributed by atoms with Crippen LogP contribution in [0.25, 0.3) is 5.69 Å². The fourth-order valence-corrected chi connectivity index (χ4v) is 3.06. The molecule has 2 aromatic heterocycles. The summed E-state index contributed by atoms with van der Waals surface area (Å²) in [6.07, 6.45) is 5.69. The lowest BCUT2D eigenvalue weighted by Gasteiger charge is -2.26. The van der Waals surface area contributed by atoms with Gasteiger partial charge in [0.05, 0.1) is 23.7 Å². The number of benzene rings is 1. The van der Waals surface area contributed by atoms with Crippen molar-refractivity contribution >= 4 is 23.5 Å². The van der Waals surface area contributed by atoms with Gasteiger partial charge in [0.2, 0.25) is 12.6 Å². The van der Waals surface area contributed by atoms with Crippen molar-refractivity contribution in [3.8, 4) is 11.6 Å². The van der Waals surface area contributed by atoms with E-state index >= 15 is 0 Å². The lowest BCUT2D eigenvalue weighted by molar-refractivity contribution is 0.127. The number of carbonyl (C=O) groups is 1. The largest absolute Gasteiger partial charge is 0.524 e. The highest BCUT2D eigenvalue weighted by atomic mass is 32.1. The van der Waals surface area contributed by atoms with Crippen molar-refractivity contribution in [3.63, 3.8) is 0 Å². The van der Waals surface area contributed by atoms with Gasteiger partial charge in [-0.3, -0.25) is 0 Å². The highest BCUT2D eigenvalue weighted by Gasteiger charge is 2.47. The maximum atomic E-state index is 14.6. The van der Waals surface area contributed by atoms with Gasteiger partial charge in [-0.1, -0.05) is 0 Å². The van der Waals surface area contributed by atoms with Crippen LogP contribution in [-0.4, -0.2) is 44.3 Å². The second-order valence-electron chi connectivity index (χ2n) is 5.43. The standard InChI is InChI=1S/C15H13FN5O3S/c16-12-7-11(1-2-13(12)20-4-3-17-9-20)21(5-6-23-15(21)22)10-24-14-8-18-25-19-14/h1-4,7-9H,5-6,10H2/q+1. The summed E-state index contributed by atoms with van der Waals surface area (Å²) < 4.78 is 34.4. The fourth-order valence-electron chi connectivity index (χ4n) is 2.70. The van der Waals surface area contributed by atoms with Crippen LogP contribution in [0.5, 0.6) is 5.88 Å². The predicted octanol–water partition coefficient (Wildman–Crippen LogP) is 2.36. The minimum absolute atomic E-state index is 0.0475. The number of hydrogen-bond acceptors (Lipinski definition) is 7. The molecule has 0 bridgehead atoms. The highest BCUT2D eigenvalue weighted by molar-refractivity contribution is 6.99. The third kappa shape index (κ3) is 2.75. The first-order valence-corrected chi connectivity index (χ1v) is 8.15. The summed E-state index contributed by atoms with van der Waals surface area (Å²) in [4.78, 5) is 16.3. The molecule has 0 N–H and O–H groups in total. The maximum absolute atomic E-state index is 14.6. The van der Waals surface area contributed by atoms with Gasteiger partial charge >= 0.3 is 6.09 Å². The van der Waals surface area contributed by atoms with Crippen LogP contribution in [0.4, 0.5) is 14.9 Å². The molecule has 25 heavy (non-hydrogen) atoms. The van der Waals surface area contributed by atoms with Crippen LogP contribution in [0.2, 0.25) is 0 Å².